The number of thiazole rings is 1. The van der Waals surface area contributed by atoms with Crippen LogP contribution >= 0.6 is 11.3 Å². The molecule has 0 aliphatic rings. The molecule has 0 aliphatic heterocycles. The van der Waals surface area contributed by atoms with Gasteiger partial charge in [-0.15, -0.1) is 11.3 Å². The second-order valence-corrected chi connectivity index (χ2v) is 7.61. The predicted molar refractivity (Wildman–Crippen MR) is 114 cm³/mol. The van der Waals surface area contributed by atoms with Crippen LogP contribution < -0.4 is 10.9 Å². The van der Waals surface area contributed by atoms with Crippen LogP contribution in [0.1, 0.15) is 15.5 Å². The molecule has 0 atom stereocenters. The molecule has 8 nitrogen and oxygen atoms in total. The van der Waals surface area contributed by atoms with Crippen molar-refractivity contribution in [1.29, 1.82) is 0 Å². The highest BCUT2D eigenvalue weighted by Gasteiger charge is 2.17. The van der Waals surface area contributed by atoms with Gasteiger partial charge in [0.05, 0.1) is 16.1 Å². The molecular weight excluding hydrogens is 404 g/mol. The fourth-order valence-electron chi connectivity index (χ4n) is 3.09. The summed E-state index contributed by atoms with van der Waals surface area (Å²) in [5, 5.41) is 19.3. The van der Waals surface area contributed by atoms with Crippen LogP contribution in [-0.2, 0) is 11.3 Å². The van der Waals surface area contributed by atoms with Crippen molar-refractivity contribution < 1.29 is 14.7 Å². The van der Waals surface area contributed by atoms with Gasteiger partial charge in [0.1, 0.15) is 6.54 Å². The molecule has 0 unspecified atom stereocenters. The molecule has 0 radical (unpaired) electrons. The quantitative estimate of drug-likeness (QED) is 0.513. The number of rotatable bonds is 5. The normalized spacial score (nSPS) is 10.8. The van der Waals surface area contributed by atoms with Crippen molar-refractivity contribution in [3.05, 3.63) is 75.0 Å². The number of nitrogens with zero attached hydrogens (tertiary/aromatic N) is 3. The molecule has 4 rings (SSSR count). The minimum Gasteiger partial charge on any atom is -0.476 e. The Morgan fingerprint density at radius 3 is 2.60 bits per heavy atom. The monoisotopic (exact) mass is 420 g/mol. The van der Waals surface area contributed by atoms with Crippen LogP contribution in [0.2, 0.25) is 0 Å². The molecule has 2 N–H and O–H groups in total. The zero-order chi connectivity index (χ0) is 21.3. The maximum absolute atomic E-state index is 12.7. The third-order valence-electron chi connectivity index (χ3n) is 4.42. The second-order valence-electron chi connectivity index (χ2n) is 6.54. The minimum absolute atomic E-state index is 0.193. The van der Waals surface area contributed by atoms with Gasteiger partial charge in [0.2, 0.25) is 5.91 Å². The number of anilines is 1. The summed E-state index contributed by atoms with van der Waals surface area (Å²) in [6.07, 6.45) is 0. The summed E-state index contributed by atoms with van der Waals surface area (Å²) < 4.78 is 0.870. The summed E-state index contributed by atoms with van der Waals surface area (Å²) in [5.74, 6) is -1.77. The zero-order valence-electron chi connectivity index (χ0n) is 15.8. The van der Waals surface area contributed by atoms with E-state index < -0.39 is 24.0 Å². The van der Waals surface area contributed by atoms with E-state index in [1.807, 2.05) is 18.4 Å². The number of benzene rings is 2. The van der Waals surface area contributed by atoms with Crippen LogP contribution in [0.3, 0.4) is 0 Å². The number of aryl methyl sites for hydroxylation is 1. The fraction of sp³-hybridized carbons (Fsp3) is 0.0952. The topological polar surface area (TPSA) is 114 Å². The molecule has 0 fully saturated rings. The van der Waals surface area contributed by atoms with E-state index in [1.54, 1.807) is 30.3 Å². The molecule has 0 spiro atoms. The van der Waals surface area contributed by atoms with E-state index in [0.29, 0.717) is 5.69 Å². The van der Waals surface area contributed by atoms with E-state index in [0.717, 1.165) is 20.9 Å². The van der Waals surface area contributed by atoms with E-state index in [9.17, 15) is 19.5 Å². The Bertz CT molecular complexity index is 1340. The third-order valence-corrected chi connectivity index (χ3v) is 5.20. The number of aromatic carboxylic acids is 1. The Labute approximate surface area is 174 Å². The highest BCUT2D eigenvalue weighted by Crippen LogP contribution is 2.24. The SMILES string of the molecule is Cc1nc(-c2cccc(NC(=O)Cn3nc(C(=O)O)c4ccccc4c3=O)c2)cs1. The number of carbonyl (C=O) groups excluding carboxylic acids is 1. The van der Waals surface area contributed by atoms with Crippen LogP contribution in [0, 0.1) is 6.92 Å². The number of hydrogen-bond acceptors (Lipinski definition) is 6. The van der Waals surface area contributed by atoms with Gasteiger partial charge in [0.25, 0.3) is 5.56 Å². The van der Waals surface area contributed by atoms with Crippen molar-refractivity contribution >= 4 is 39.7 Å². The van der Waals surface area contributed by atoms with E-state index in [4.69, 9.17) is 0 Å². The van der Waals surface area contributed by atoms with E-state index in [2.05, 4.69) is 15.4 Å². The lowest BCUT2D eigenvalue weighted by Crippen LogP contribution is -2.31. The Balaban J connectivity index is 1.61. The third kappa shape index (κ3) is 3.83. The summed E-state index contributed by atoms with van der Waals surface area (Å²) in [6.45, 7) is 1.50. The van der Waals surface area contributed by atoms with Gasteiger partial charge in [-0.1, -0.05) is 30.3 Å². The van der Waals surface area contributed by atoms with Crippen LogP contribution in [0.15, 0.2) is 58.7 Å². The lowest BCUT2D eigenvalue weighted by Gasteiger charge is -2.10. The van der Waals surface area contributed by atoms with Crippen molar-refractivity contribution in [2.24, 2.45) is 0 Å². The Morgan fingerprint density at radius 2 is 1.90 bits per heavy atom. The number of carbonyl (C=O) groups is 2. The van der Waals surface area contributed by atoms with Gasteiger partial charge in [-0.05, 0) is 25.1 Å². The molecule has 4 aromatic rings. The Hall–Kier alpha value is -3.85. The van der Waals surface area contributed by atoms with E-state index in [1.165, 1.54) is 23.5 Å². The Morgan fingerprint density at radius 1 is 1.13 bits per heavy atom. The molecule has 30 heavy (non-hydrogen) atoms. The summed E-state index contributed by atoms with van der Waals surface area (Å²) in [7, 11) is 0. The summed E-state index contributed by atoms with van der Waals surface area (Å²) >= 11 is 1.53. The fourth-order valence-corrected chi connectivity index (χ4v) is 3.71. The first-order valence-corrected chi connectivity index (χ1v) is 9.86. The first-order valence-electron chi connectivity index (χ1n) is 8.98. The predicted octanol–water partition coefficient (Wildman–Crippen LogP) is 3.17. The van der Waals surface area contributed by atoms with Gasteiger partial charge in [-0.2, -0.15) is 5.10 Å². The number of aromatic nitrogens is 3. The van der Waals surface area contributed by atoms with Gasteiger partial charge in [-0.25, -0.2) is 14.5 Å². The zero-order valence-corrected chi connectivity index (χ0v) is 16.6. The van der Waals surface area contributed by atoms with Crippen LogP contribution in [-0.4, -0.2) is 31.7 Å². The Kier molecular flexibility index (Phi) is 5.11. The van der Waals surface area contributed by atoms with E-state index >= 15 is 0 Å². The first kappa shape index (κ1) is 19.5. The lowest BCUT2D eigenvalue weighted by atomic mass is 10.1. The second kappa shape index (κ2) is 7.88. The number of nitrogens with one attached hydrogen (secondary N) is 1. The van der Waals surface area contributed by atoms with Crippen LogP contribution in [0.25, 0.3) is 22.0 Å². The standard InChI is InChI=1S/C21H16N4O4S/c1-12-22-17(11-30-12)13-5-4-6-14(9-13)23-18(26)10-25-20(27)16-8-3-2-7-15(16)19(24-25)21(28)29/h2-9,11H,10H2,1H3,(H,23,26)(H,28,29). The van der Waals surface area contributed by atoms with Gasteiger partial charge in [-0.3, -0.25) is 9.59 Å². The molecule has 0 aliphatic carbocycles. The smallest absolute Gasteiger partial charge is 0.357 e. The highest BCUT2D eigenvalue weighted by atomic mass is 32.1. The van der Waals surface area contributed by atoms with E-state index in [-0.39, 0.29) is 16.5 Å². The molecular formula is C21H16N4O4S. The van der Waals surface area contributed by atoms with Crippen molar-refractivity contribution in [1.82, 2.24) is 14.8 Å². The number of carboxylic acid groups (broad SMARTS) is 1. The summed E-state index contributed by atoms with van der Waals surface area (Å²) in [5.41, 5.74) is 1.39. The molecule has 1 amide bonds. The maximum atomic E-state index is 12.7. The molecule has 2 aromatic heterocycles. The van der Waals surface area contributed by atoms with Gasteiger partial charge in [0, 0.05) is 22.0 Å². The number of carboxylic acids is 1. The highest BCUT2D eigenvalue weighted by molar-refractivity contribution is 7.09. The number of fused-ring (bicyclic) bond motifs is 1. The minimum atomic E-state index is -1.27. The maximum Gasteiger partial charge on any atom is 0.357 e. The molecule has 150 valence electrons. The summed E-state index contributed by atoms with van der Waals surface area (Å²) in [6, 6.07) is 13.5. The molecule has 2 heterocycles. The number of amides is 1. The molecule has 2 aromatic carbocycles. The van der Waals surface area contributed by atoms with Gasteiger partial charge >= 0.3 is 5.97 Å². The molecule has 0 saturated carbocycles. The first-order chi connectivity index (χ1) is 14.4. The average Bonchev–Trinajstić information content (AvgIpc) is 3.16. The van der Waals surface area contributed by atoms with Crippen LogP contribution in [0.4, 0.5) is 5.69 Å². The van der Waals surface area contributed by atoms with Gasteiger partial charge < -0.3 is 10.4 Å². The van der Waals surface area contributed by atoms with Crippen molar-refractivity contribution in [2.45, 2.75) is 13.5 Å². The lowest BCUT2D eigenvalue weighted by molar-refractivity contribution is -0.117. The van der Waals surface area contributed by atoms with Crippen molar-refractivity contribution in [3.8, 4) is 11.3 Å². The largest absolute Gasteiger partial charge is 0.476 e. The number of hydrogen-bond donors (Lipinski definition) is 2. The molecule has 9 heteroatoms. The summed E-state index contributed by atoms with van der Waals surface area (Å²) in [4.78, 5) is 41.2. The molecule has 0 bridgehead atoms. The average molecular weight is 420 g/mol. The van der Waals surface area contributed by atoms with Gasteiger partial charge in [0.15, 0.2) is 5.69 Å². The van der Waals surface area contributed by atoms with Crippen molar-refractivity contribution in [3.63, 3.8) is 0 Å². The van der Waals surface area contributed by atoms with Crippen molar-refractivity contribution in [2.75, 3.05) is 5.32 Å². The molecule has 0 saturated heterocycles. The van der Waals surface area contributed by atoms with Crippen LogP contribution in [0.5, 0.6) is 0 Å².